The van der Waals surface area contributed by atoms with E-state index in [2.05, 4.69) is 18.2 Å². The highest BCUT2D eigenvalue weighted by atomic mass is 32.2. The van der Waals surface area contributed by atoms with Crippen LogP contribution in [-0.2, 0) is 4.31 Å². The summed E-state index contributed by atoms with van der Waals surface area (Å²) >= 11 is 2.76. The van der Waals surface area contributed by atoms with E-state index >= 15 is 0 Å². The first-order valence-corrected chi connectivity index (χ1v) is 16.3. The first-order valence-electron chi connectivity index (χ1n) is 12.0. The summed E-state index contributed by atoms with van der Waals surface area (Å²) in [5, 5.41) is 40.7. The minimum absolute atomic E-state index is 0.427. The van der Waals surface area contributed by atoms with E-state index in [1.165, 1.54) is 74.9 Å². The van der Waals surface area contributed by atoms with Gasteiger partial charge in [-0.15, -0.1) is 23.5 Å². The van der Waals surface area contributed by atoms with Crippen molar-refractivity contribution in [3.05, 3.63) is 0 Å². The number of hydrogen-bond acceptors (Lipinski definition) is 11. The molecule has 9 nitrogen and oxygen atoms in total. The number of unbranched alkanes of at least 4 members (excludes halogenated alkanes) is 10. The van der Waals surface area contributed by atoms with Gasteiger partial charge in [0, 0.05) is 0 Å². The Kier molecular flexibility index (Phi) is 27.0. The molecule has 0 amide bonds. The van der Waals surface area contributed by atoms with Crippen molar-refractivity contribution in [2.75, 3.05) is 31.3 Å². The van der Waals surface area contributed by atoms with Crippen LogP contribution in [0.3, 0.4) is 0 Å². The minimum Gasteiger partial charge on any atom is -0.395 e. The fourth-order valence-electron chi connectivity index (χ4n) is 3.05. The molecular weight excluding hydrogens is 522 g/mol. The van der Waals surface area contributed by atoms with Crippen molar-refractivity contribution in [3.63, 3.8) is 0 Å². The lowest BCUT2D eigenvalue weighted by Crippen LogP contribution is -2.52. The van der Waals surface area contributed by atoms with Gasteiger partial charge in [-0.25, -0.2) is 4.31 Å². The van der Waals surface area contributed by atoms with Crippen molar-refractivity contribution in [1.29, 1.82) is 0 Å². The van der Waals surface area contributed by atoms with E-state index in [9.17, 15) is 20.4 Å². The molecule has 0 aliphatic carbocycles. The second-order valence-electron chi connectivity index (χ2n) is 8.16. The monoisotopic (exact) mass is 570 g/mol. The molecule has 8 N–H and O–H groups in total. The van der Waals surface area contributed by atoms with Gasteiger partial charge in [-0.3, -0.25) is 0 Å². The summed E-state index contributed by atoms with van der Waals surface area (Å²) in [7, 11) is -5.22. The lowest BCUT2D eigenvalue weighted by molar-refractivity contribution is -0.0617. The number of aliphatic hydroxyl groups is 4. The van der Waals surface area contributed by atoms with Crippen molar-refractivity contribution in [2.24, 2.45) is 5.41 Å². The van der Waals surface area contributed by atoms with E-state index in [0.717, 1.165) is 37.2 Å². The molecule has 0 unspecified atom stereocenters. The Labute approximate surface area is 216 Å². The van der Waals surface area contributed by atoms with Crippen molar-refractivity contribution in [1.82, 2.24) is 0 Å². The fourth-order valence-corrected chi connectivity index (χ4v) is 6.65. The Morgan fingerprint density at radius 2 is 0.912 bits per heavy atom. The smallest absolute Gasteiger partial charge is 0.334 e. The predicted octanol–water partition coefficient (Wildman–Crippen LogP) is 4.21. The summed E-state index contributed by atoms with van der Waals surface area (Å²) in [5.74, 6) is 1.54. The van der Waals surface area contributed by atoms with Crippen LogP contribution in [0, 0.1) is 5.41 Å². The third-order valence-electron chi connectivity index (χ3n) is 5.32. The molecule has 0 aromatic rings. The van der Waals surface area contributed by atoms with Crippen LogP contribution in [0.25, 0.3) is 0 Å². The maximum Gasteiger partial charge on any atom is 0.334 e. The van der Waals surface area contributed by atoms with Gasteiger partial charge in [-0.2, -0.15) is 0 Å². The van der Waals surface area contributed by atoms with Crippen LogP contribution < -0.4 is 0 Å². The molecule has 0 aliphatic rings. The van der Waals surface area contributed by atoms with Crippen LogP contribution in [-0.4, -0.2) is 75.6 Å². The Morgan fingerprint density at radius 1 is 0.588 bits per heavy atom. The van der Waals surface area contributed by atoms with Gasteiger partial charge >= 0.3 is 17.2 Å². The van der Waals surface area contributed by atoms with Gasteiger partial charge in [0.25, 0.3) is 0 Å². The topological polar surface area (TPSA) is 171 Å². The zero-order valence-corrected chi connectivity index (χ0v) is 24.1. The normalized spacial score (nSPS) is 12.4. The third-order valence-corrected chi connectivity index (χ3v) is 9.83. The number of hydrogen-bond donors (Lipinski definition) is 8. The second kappa shape index (κ2) is 24.5. The first kappa shape index (κ1) is 37.4. The van der Waals surface area contributed by atoms with Crippen LogP contribution in [0.4, 0.5) is 0 Å². The van der Waals surface area contributed by atoms with Gasteiger partial charge in [-0.05, 0) is 24.3 Å². The van der Waals surface area contributed by atoms with E-state index in [0.29, 0.717) is 0 Å². The Bertz CT molecular complexity index is 403. The SMILES string of the molecule is CCCCCCCCSC(O)(SCCCCCCCC)C(CO)(CO)CO.OP(O)OP(O)O. The zero-order valence-electron chi connectivity index (χ0n) is 20.7. The molecule has 208 valence electrons. The van der Waals surface area contributed by atoms with Crippen molar-refractivity contribution in [2.45, 2.75) is 95.2 Å². The summed E-state index contributed by atoms with van der Waals surface area (Å²) in [4.78, 5) is 31.3. The highest BCUT2D eigenvalue weighted by molar-refractivity contribution is 8.18. The first-order chi connectivity index (χ1) is 16.2. The van der Waals surface area contributed by atoms with Gasteiger partial charge in [0.2, 0.25) is 0 Å². The summed E-state index contributed by atoms with van der Waals surface area (Å²) in [6, 6.07) is 0. The molecule has 13 heteroatoms. The molecule has 0 saturated heterocycles. The minimum atomic E-state index is -2.61. The molecule has 0 radical (unpaired) electrons. The molecule has 0 fully saturated rings. The van der Waals surface area contributed by atoms with Crippen molar-refractivity contribution >= 4 is 40.7 Å². The molecule has 0 atom stereocenters. The van der Waals surface area contributed by atoms with Crippen LogP contribution in [0.1, 0.15) is 90.9 Å². The second-order valence-corrected chi connectivity index (χ2v) is 12.7. The lowest BCUT2D eigenvalue weighted by Gasteiger charge is -2.43. The number of aliphatic hydroxyl groups excluding tert-OH is 3. The van der Waals surface area contributed by atoms with Crippen LogP contribution in [0.2, 0.25) is 0 Å². The predicted molar refractivity (Wildman–Crippen MR) is 144 cm³/mol. The van der Waals surface area contributed by atoms with Gasteiger partial charge in [0.05, 0.1) is 25.2 Å². The van der Waals surface area contributed by atoms with Crippen LogP contribution in [0.5, 0.6) is 0 Å². The molecule has 0 aromatic heterocycles. The maximum absolute atomic E-state index is 11.2. The summed E-state index contributed by atoms with van der Waals surface area (Å²) in [6.45, 7) is 3.13. The van der Waals surface area contributed by atoms with Crippen molar-refractivity contribution in [3.8, 4) is 0 Å². The average molecular weight is 571 g/mol. The number of thioether (sulfide) groups is 2. The van der Waals surface area contributed by atoms with E-state index in [-0.39, 0.29) is 0 Å². The molecule has 0 rings (SSSR count). The van der Waals surface area contributed by atoms with Crippen LogP contribution >= 0.6 is 40.7 Å². The molecule has 0 spiro atoms. The van der Waals surface area contributed by atoms with Gasteiger partial charge < -0.3 is 40.0 Å². The lowest BCUT2D eigenvalue weighted by atomic mass is 9.92. The standard InChI is InChI=1S/C21H44O4S2.H4O5P2/c1-3-5-7-9-11-13-15-26-21(25,20(17-22,18-23)19-24)27-16-14-12-10-8-6-4-2;1-6(2)5-7(3)4/h22-25H,3-19H2,1-2H3;1-4H. The zero-order chi connectivity index (χ0) is 26.3. The fraction of sp³-hybridized carbons (Fsp3) is 1.00. The third kappa shape index (κ3) is 18.4. The Balaban J connectivity index is 0. The van der Waals surface area contributed by atoms with Gasteiger partial charge in [-0.1, -0.05) is 78.1 Å². The highest BCUT2D eigenvalue weighted by Crippen LogP contribution is 2.49. The number of rotatable bonds is 22. The molecule has 34 heavy (non-hydrogen) atoms. The summed E-state index contributed by atoms with van der Waals surface area (Å²) in [5.41, 5.74) is -1.28. The maximum atomic E-state index is 11.2. The van der Waals surface area contributed by atoms with E-state index < -0.39 is 46.7 Å². The molecule has 0 bridgehead atoms. The quantitative estimate of drug-likeness (QED) is 0.0533. The van der Waals surface area contributed by atoms with Crippen molar-refractivity contribution < 1.29 is 44.3 Å². The highest BCUT2D eigenvalue weighted by Gasteiger charge is 2.50. The molecular formula is C21H48O9P2S2. The van der Waals surface area contributed by atoms with Gasteiger partial charge in [0.15, 0.2) is 4.27 Å². The Hall–Kier alpha value is 1.20. The molecule has 0 saturated carbocycles. The molecule has 0 heterocycles. The Morgan fingerprint density at radius 3 is 1.18 bits per heavy atom. The van der Waals surface area contributed by atoms with Gasteiger partial charge in [0.1, 0.15) is 0 Å². The largest absolute Gasteiger partial charge is 0.395 e. The average Bonchev–Trinajstić information content (AvgIpc) is 2.79. The van der Waals surface area contributed by atoms with E-state index in [4.69, 9.17) is 19.6 Å². The van der Waals surface area contributed by atoms with E-state index in [1.807, 2.05) is 0 Å². The summed E-state index contributed by atoms with van der Waals surface area (Å²) < 4.78 is 2.24. The molecule has 0 aliphatic heterocycles. The van der Waals surface area contributed by atoms with E-state index in [1.54, 1.807) is 0 Å². The molecule has 0 aromatic carbocycles. The van der Waals surface area contributed by atoms with Crippen LogP contribution in [0.15, 0.2) is 0 Å². The summed E-state index contributed by atoms with van der Waals surface area (Å²) in [6.07, 6.45) is 14.2.